The van der Waals surface area contributed by atoms with Gasteiger partial charge in [0, 0.05) is 19.4 Å². The van der Waals surface area contributed by atoms with E-state index >= 15 is 0 Å². The normalized spacial score (nSPS) is 20.9. The predicted molar refractivity (Wildman–Crippen MR) is 64.2 cm³/mol. The number of rotatable bonds is 3. The zero-order valence-electron chi connectivity index (χ0n) is 11.0. The molecule has 0 saturated heterocycles. The van der Waals surface area contributed by atoms with Crippen molar-refractivity contribution < 1.29 is 73.5 Å². The van der Waals surface area contributed by atoms with Gasteiger partial charge in [-0.05, 0) is 6.07 Å². The van der Waals surface area contributed by atoms with E-state index < -0.39 is 22.2 Å². The SMILES string of the molecule is CC1(C)Oc2ccccc2[C@@H](COS([NH-])(=O)=O)O1.[K+]. The van der Waals surface area contributed by atoms with E-state index in [1.54, 1.807) is 32.0 Å². The molecule has 1 aromatic rings. The van der Waals surface area contributed by atoms with Gasteiger partial charge in [0.15, 0.2) is 10.3 Å². The molecular weight excluding hydrogens is 297 g/mol. The van der Waals surface area contributed by atoms with Crippen LogP contribution in [-0.4, -0.2) is 20.8 Å². The molecule has 0 spiro atoms. The topological polar surface area (TPSA) is 85.6 Å². The van der Waals surface area contributed by atoms with Crippen LogP contribution in [0.25, 0.3) is 5.14 Å². The molecule has 6 nitrogen and oxygen atoms in total. The zero-order valence-corrected chi connectivity index (χ0v) is 15.0. The summed E-state index contributed by atoms with van der Waals surface area (Å²) in [6.45, 7) is 3.21. The minimum absolute atomic E-state index is 0. The molecule has 1 atom stereocenters. The van der Waals surface area contributed by atoms with E-state index in [0.717, 1.165) is 0 Å². The summed E-state index contributed by atoms with van der Waals surface area (Å²) in [7, 11) is -4.23. The third-order valence-corrected chi connectivity index (χ3v) is 2.87. The van der Waals surface area contributed by atoms with Crippen molar-refractivity contribution in [3.8, 4) is 5.75 Å². The number of benzene rings is 1. The van der Waals surface area contributed by atoms with E-state index in [2.05, 4.69) is 4.18 Å². The number of fused-ring (bicyclic) bond motifs is 1. The quantitative estimate of drug-likeness (QED) is 0.682. The fraction of sp³-hybridized carbons (Fsp3) is 0.455. The van der Waals surface area contributed by atoms with Crippen LogP contribution in [-0.2, 0) is 19.2 Å². The minimum atomic E-state index is -4.23. The summed E-state index contributed by atoms with van der Waals surface area (Å²) in [5.74, 6) is -0.238. The second-order valence-corrected chi connectivity index (χ2v) is 5.53. The third-order valence-electron chi connectivity index (χ3n) is 2.42. The molecule has 0 radical (unpaired) electrons. The molecule has 1 aliphatic heterocycles. The van der Waals surface area contributed by atoms with Gasteiger partial charge < -0.3 is 14.6 Å². The van der Waals surface area contributed by atoms with Crippen LogP contribution in [0.3, 0.4) is 0 Å². The summed E-state index contributed by atoms with van der Waals surface area (Å²) in [5, 5.41) is 6.70. The van der Waals surface area contributed by atoms with Crippen molar-refractivity contribution in [3.05, 3.63) is 35.0 Å². The van der Waals surface area contributed by atoms with Gasteiger partial charge in [-0.25, -0.2) is 8.42 Å². The number of para-hydroxylation sites is 1. The Balaban J connectivity index is 0.00000180. The number of ether oxygens (including phenoxy) is 2. The van der Waals surface area contributed by atoms with Crippen LogP contribution in [0.2, 0.25) is 0 Å². The average Bonchev–Trinajstić information content (AvgIpc) is 2.23. The van der Waals surface area contributed by atoms with Crippen molar-refractivity contribution in [2.75, 3.05) is 6.61 Å². The van der Waals surface area contributed by atoms with E-state index in [0.29, 0.717) is 11.3 Å². The Morgan fingerprint density at radius 2 is 2.00 bits per heavy atom. The van der Waals surface area contributed by atoms with Crippen molar-refractivity contribution in [2.24, 2.45) is 0 Å². The van der Waals surface area contributed by atoms with Gasteiger partial charge in [-0.15, -0.1) is 0 Å². The Morgan fingerprint density at radius 3 is 2.63 bits per heavy atom. The van der Waals surface area contributed by atoms with Gasteiger partial charge in [-0.3, -0.25) is 4.18 Å². The van der Waals surface area contributed by atoms with Crippen LogP contribution in [0, 0.1) is 0 Å². The molecule has 0 bridgehead atoms. The number of hydrogen-bond acceptors (Lipinski definition) is 5. The Hall–Kier alpha value is 0.486. The first kappa shape index (κ1) is 17.5. The van der Waals surface area contributed by atoms with Crippen molar-refractivity contribution in [2.45, 2.75) is 25.7 Å². The monoisotopic (exact) mass is 311 g/mol. The maximum atomic E-state index is 10.7. The average molecular weight is 311 g/mol. The summed E-state index contributed by atoms with van der Waals surface area (Å²) in [6.07, 6.45) is -0.579. The Morgan fingerprint density at radius 1 is 1.37 bits per heavy atom. The van der Waals surface area contributed by atoms with E-state index in [4.69, 9.17) is 14.6 Å². The Bertz CT molecular complexity index is 546. The molecule has 0 fully saturated rings. The van der Waals surface area contributed by atoms with E-state index in [1.165, 1.54) is 0 Å². The molecule has 8 heteroatoms. The number of nitrogens with one attached hydrogen (secondary N) is 1. The third kappa shape index (κ3) is 5.07. The standard InChI is InChI=1S/C11H14NO5S.K/c1-11(2)16-9-6-4-3-5-8(9)10(17-11)7-15-18(12,13)14;/h3-6,10H,7H2,1-2H3,(H-,12,13,14);/q-1;+1/t10-;/m1./s1. The molecule has 0 aliphatic carbocycles. The van der Waals surface area contributed by atoms with E-state index in [-0.39, 0.29) is 58.0 Å². The van der Waals surface area contributed by atoms with Crippen molar-refractivity contribution >= 4 is 10.3 Å². The molecule has 1 aromatic carbocycles. The molecule has 0 amide bonds. The van der Waals surface area contributed by atoms with Gasteiger partial charge in [0.05, 0.1) is 6.61 Å². The van der Waals surface area contributed by atoms with Crippen LogP contribution < -0.4 is 56.1 Å². The van der Waals surface area contributed by atoms with Crippen molar-refractivity contribution in [1.82, 2.24) is 0 Å². The maximum Gasteiger partial charge on any atom is 1.00 e. The first-order valence-electron chi connectivity index (χ1n) is 5.37. The van der Waals surface area contributed by atoms with Crippen LogP contribution in [0.5, 0.6) is 5.75 Å². The van der Waals surface area contributed by atoms with Gasteiger partial charge >= 0.3 is 51.4 Å². The van der Waals surface area contributed by atoms with Crippen LogP contribution in [0.4, 0.5) is 0 Å². The summed E-state index contributed by atoms with van der Waals surface area (Å²) in [5.41, 5.74) is 0.709. The molecule has 0 saturated carbocycles. The predicted octanol–water partition coefficient (Wildman–Crippen LogP) is -0.810. The van der Waals surface area contributed by atoms with Crippen molar-refractivity contribution in [3.63, 3.8) is 0 Å². The van der Waals surface area contributed by atoms with Gasteiger partial charge in [-0.1, -0.05) is 18.2 Å². The zero-order chi connectivity index (χ0) is 13.4. The van der Waals surface area contributed by atoms with Crippen molar-refractivity contribution in [1.29, 1.82) is 0 Å². The molecule has 1 N–H and O–H groups in total. The van der Waals surface area contributed by atoms with Gasteiger partial charge in [0.25, 0.3) is 0 Å². The summed E-state index contributed by atoms with van der Waals surface area (Å²) in [4.78, 5) is 0. The molecular formula is C11H14KNO5S. The minimum Gasteiger partial charge on any atom is -0.540 e. The molecule has 100 valence electrons. The molecule has 1 heterocycles. The summed E-state index contributed by atoms with van der Waals surface area (Å²) >= 11 is 0. The van der Waals surface area contributed by atoms with Crippen LogP contribution in [0.1, 0.15) is 25.5 Å². The molecule has 0 unspecified atom stereocenters. The fourth-order valence-corrected chi connectivity index (χ4v) is 2.11. The van der Waals surface area contributed by atoms with Crippen LogP contribution in [0.15, 0.2) is 24.3 Å². The first-order valence-corrected chi connectivity index (χ1v) is 6.77. The second kappa shape index (κ2) is 6.50. The molecule has 0 aromatic heterocycles. The van der Waals surface area contributed by atoms with Gasteiger partial charge in [0.2, 0.25) is 5.79 Å². The largest absolute Gasteiger partial charge is 1.00 e. The van der Waals surface area contributed by atoms with E-state index in [1.807, 2.05) is 6.07 Å². The van der Waals surface area contributed by atoms with Gasteiger partial charge in [0.1, 0.15) is 11.9 Å². The summed E-state index contributed by atoms with van der Waals surface area (Å²) < 4.78 is 37.1. The first-order chi connectivity index (χ1) is 8.27. The fourth-order valence-electron chi connectivity index (χ4n) is 1.81. The maximum absolute atomic E-state index is 10.7. The van der Waals surface area contributed by atoms with Crippen LogP contribution >= 0.6 is 0 Å². The second-order valence-electron chi connectivity index (χ2n) is 4.38. The van der Waals surface area contributed by atoms with Gasteiger partial charge in [-0.2, -0.15) is 0 Å². The Labute approximate surface area is 155 Å². The molecule has 1 aliphatic rings. The van der Waals surface area contributed by atoms with E-state index in [9.17, 15) is 8.42 Å². The smallest absolute Gasteiger partial charge is 0.540 e. The molecule has 19 heavy (non-hydrogen) atoms. The Kier molecular flexibility index (Phi) is 6.00. The number of hydrogen-bond donors (Lipinski definition) is 0. The summed E-state index contributed by atoms with van der Waals surface area (Å²) in [6, 6.07) is 7.17. The molecule has 2 rings (SSSR count).